The van der Waals surface area contributed by atoms with Crippen molar-refractivity contribution in [3.8, 4) is 0 Å². The van der Waals surface area contributed by atoms with Crippen molar-refractivity contribution >= 4 is 28.6 Å². The highest BCUT2D eigenvalue weighted by molar-refractivity contribution is 14.1. The van der Waals surface area contributed by atoms with Crippen LogP contribution in [-0.2, 0) is 5.60 Å². The van der Waals surface area contributed by atoms with Gasteiger partial charge < -0.3 is 10.2 Å². The standard InChI is InChI=1S/C10H10FIO3/c1-10(2,15)7-4-5(11)3-6(8(7)12)9(13)14/h3-4,15H,1-2H3,(H,13,14). The van der Waals surface area contributed by atoms with Gasteiger partial charge in [0.25, 0.3) is 0 Å². The van der Waals surface area contributed by atoms with E-state index in [4.69, 9.17) is 5.11 Å². The van der Waals surface area contributed by atoms with Gasteiger partial charge in [-0.15, -0.1) is 0 Å². The second-order valence-electron chi connectivity index (χ2n) is 3.68. The molecule has 0 aliphatic heterocycles. The van der Waals surface area contributed by atoms with Crippen molar-refractivity contribution in [2.24, 2.45) is 0 Å². The first-order valence-corrected chi connectivity index (χ1v) is 5.26. The van der Waals surface area contributed by atoms with Gasteiger partial charge in [0, 0.05) is 9.13 Å². The zero-order valence-corrected chi connectivity index (χ0v) is 10.4. The molecule has 0 atom stereocenters. The molecule has 0 bridgehead atoms. The number of hydrogen-bond donors (Lipinski definition) is 2. The maximum absolute atomic E-state index is 13.1. The van der Waals surface area contributed by atoms with E-state index in [0.717, 1.165) is 12.1 Å². The molecule has 0 saturated heterocycles. The Labute approximate surface area is 100 Å². The fourth-order valence-electron chi connectivity index (χ4n) is 1.19. The zero-order valence-electron chi connectivity index (χ0n) is 8.21. The van der Waals surface area contributed by atoms with Crippen molar-refractivity contribution in [1.29, 1.82) is 0 Å². The molecule has 0 radical (unpaired) electrons. The van der Waals surface area contributed by atoms with Gasteiger partial charge in [0.2, 0.25) is 0 Å². The minimum atomic E-state index is -1.26. The van der Waals surface area contributed by atoms with Crippen molar-refractivity contribution in [3.05, 3.63) is 32.6 Å². The third-order valence-corrected chi connectivity index (χ3v) is 3.09. The molecule has 5 heteroatoms. The molecule has 0 aliphatic rings. The van der Waals surface area contributed by atoms with E-state index >= 15 is 0 Å². The summed E-state index contributed by atoms with van der Waals surface area (Å²) >= 11 is 1.79. The Balaban J connectivity index is 3.49. The maximum atomic E-state index is 13.1. The minimum absolute atomic E-state index is 0.132. The van der Waals surface area contributed by atoms with Crippen LogP contribution in [0.1, 0.15) is 29.8 Å². The molecule has 0 amide bonds. The molecule has 2 N–H and O–H groups in total. The van der Waals surface area contributed by atoms with E-state index in [1.165, 1.54) is 13.8 Å². The van der Waals surface area contributed by atoms with Gasteiger partial charge >= 0.3 is 5.97 Å². The second kappa shape index (κ2) is 4.05. The van der Waals surface area contributed by atoms with Crippen LogP contribution in [0.15, 0.2) is 12.1 Å². The van der Waals surface area contributed by atoms with Crippen molar-refractivity contribution in [2.75, 3.05) is 0 Å². The number of hydrogen-bond acceptors (Lipinski definition) is 2. The van der Waals surface area contributed by atoms with Crippen LogP contribution in [-0.4, -0.2) is 16.2 Å². The third kappa shape index (κ3) is 2.66. The van der Waals surface area contributed by atoms with Crippen LogP contribution in [0.5, 0.6) is 0 Å². The number of carboxylic acid groups (broad SMARTS) is 1. The van der Waals surface area contributed by atoms with Crippen LogP contribution in [0.25, 0.3) is 0 Å². The highest BCUT2D eigenvalue weighted by Crippen LogP contribution is 2.28. The Hall–Kier alpha value is -0.690. The molecule has 15 heavy (non-hydrogen) atoms. The Morgan fingerprint density at radius 1 is 1.47 bits per heavy atom. The molecule has 3 nitrogen and oxygen atoms in total. The number of carboxylic acids is 1. The summed E-state index contributed by atoms with van der Waals surface area (Å²) in [6, 6.07) is 2.09. The van der Waals surface area contributed by atoms with Gasteiger partial charge in [0.1, 0.15) is 5.82 Å². The first kappa shape index (κ1) is 12.4. The van der Waals surface area contributed by atoms with E-state index in [2.05, 4.69) is 0 Å². The molecule has 0 heterocycles. The molecule has 0 spiro atoms. The number of aliphatic hydroxyl groups is 1. The predicted molar refractivity (Wildman–Crippen MR) is 61.3 cm³/mol. The van der Waals surface area contributed by atoms with Crippen molar-refractivity contribution < 1.29 is 19.4 Å². The van der Waals surface area contributed by atoms with Crippen LogP contribution in [0, 0.1) is 9.39 Å². The smallest absolute Gasteiger partial charge is 0.336 e. The molecular formula is C10H10FIO3. The number of carbonyl (C=O) groups is 1. The van der Waals surface area contributed by atoms with Crippen LogP contribution in [0.3, 0.4) is 0 Å². The fourth-order valence-corrected chi connectivity index (χ4v) is 2.39. The second-order valence-corrected chi connectivity index (χ2v) is 4.76. The topological polar surface area (TPSA) is 57.5 Å². The van der Waals surface area contributed by atoms with E-state index in [1.807, 2.05) is 0 Å². The lowest BCUT2D eigenvalue weighted by Crippen LogP contribution is -2.19. The molecule has 1 rings (SSSR count). The van der Waals surface area contributed by atoms with Gasteiger partial charge in [-0.3, -0.25) is 0 Å². The summed E-state index contributed by atoms with van der Waals surface area (Å²) in [5.41, 5.74) is -1.11. The number of rotatable bonds is 2. The van der Waals surface area contributed by atoms with Gasteiger partial charge in [-0.25, -0.2) is 9.18 Å². The first-order valence-electron chi connectivity index (χ1n) is 4.18. The first-order chi connectivity index (χ1) is 6.73. The fraction of sp³-hybridized carbons (Fsp3) is 0.300. The van der Waals surface area contributed by atoms with Crippen LogP contribution >= 0.6 is 22.6 Å². The minimum Gasteiger partial charge on any atom is -0.478 e. The van der Waals surface area contributed by atoms with Crippen LogP contribution in [0.2, 0.25) is 0 Å². The Bertz CT molecular complexity index is 410. The van der Waals surface area contributed by atoms with Crippen molar-refractivity contribution in [2.45, 2.75) is 19.4 Å². The molecule has 82 valence electrons. The molecular weight excluding hydrogens is 314 g/mol. The summed E-state index contributed by atoms with van der Waals surface area (Å²) in [6.07, 6.45) is 0. The Kier molecular flexibility index (Phi) is 3.34. The summed E-state index contributed by atoms with van der Waals surface area (Å²) < 4.78 is 13.5. The molecule has 0 unspecified atom stereocenters. The van der Waals surface area contributed by atoms with E-state index in [1.54, 1.807) is 22.6 Å². The highest BCUT2D eigenvalue weighted by Gasteiger charge is 2.24. The van der Waals surface area contributed by atoms with Crippen LogP contribution < -0.4 is 0 Å². The monoisotopic (exact) mass is 324 g/mol. The van der Waals surface area contributed by atoms with E-state index < -0.39 is 17.4 Å². The summed E-state index contributed by atoms with van der Waals surface area (Å²) in [5, 5.41) is 18.6. The zero-order chi connectivity index (χ0) is 11.8. The quantitative estimate of drug-likeness (QED) is 0.821. The van der Waals surface area contributed by atoms with Crippen molar-refractivity contribution in [3.63, 3.8) is 0 Å². The van der Waals surface area contributed by atoms with Crippen molar-refractivity contribution in [1.82, 2.24) is 0 Å². The SMILES string of the molecule is CC(C)(O)c1cc(F)cc(C(=O)O)c1I. The van der Waals surface area contributed by atoms with Gasteiger partial charge in [0.15, 0.2) is 0 Å². The maximum Gasteiger partial charge on any atom is 0.336 e. The van der Waals surface area contributed by atoms with Crippen LogP contribution in [0.4, 0.5) is 4.39 Å². The van der Waals surface area contributed by atoms with E-state index in [9.17, 15) is 14.3 Å². The number of halogens is 2. The predicted octanol–water partition coefficient (Wildman–Crippen LogP) is 2.36. The Morgan fingerprint density at radius 2 is 2.00 bits per heavy atom. The van der Waals surface area contributed by atoms with E-state index in [0.29, 0.717) is 3.57 Å². The highest BCUT2D eigenvalue weighted by atomic mass is 127. The summed E-state index contributed by atoms with van der Waals surface area (Å²) in [7, 11) is 0. The molecule has 0 aromatic heterocycles. The van der Waals surface area contributed by atoms with Gasteiger partial charge in [-0.05, 0) is 48.6 Å². The lowest BCUT2D eigenvalue weighted by atomic mass is 9.96. The normalized spacial score (nSPS) is 11.5. The molecule has 1 aromatic carbocycles. The lowest BCUT2D eigenvalue weighted by Gasteiger charge is -2.20. The lowest BCUT2D eigenvalue weighted by molar-refractivity contribution is 0.0688. The summed E-state index contributed by atoms with van der Waals surface area (Å²) in [4.78, 5) is 10.8. The van der Waals surface area contributed by atoms with Gasteiger partial charge in [0.05, 0.1) is 11.2 Å². The average Bonchev–Trinajstić information content (AvgIpc) is 2.06. The summed E-state index contributed by atoms with van der Waals surface area (Å²) in [5.74, 6) is -1.87. The molecule has 0 aliphatic carbocycles. The largest absolute Gasteiger partial charge is 0.478 e. The average molecular weight is 324 g/mol. The molecule has 0 saturated carbocycles. The molecule has 1 aromatic rings. The number of benzene rings is 1. The van der Waals surface area contributed by atoms with Gasteiger partial charge in [-0.2, -0.15) is 0 Å². The third-order valence-electron chi connectivity index (χ3n) is 1.93. The number of aromatic carboxylic acids is 1. The van der Waals surface area contributed by atoms with E-state index in [-0.39, 0.29) is 11.1 Å². The summed E-state index contributed by atoms with van der Waals surface area (Å²) in [6.45, 7) is 2.96. The molecule has 0 fully saturated rings. The van der Waals surface area contributed by atoms with Gasteiger partial charge in [-0.1, -0.05) is 0 Å². The Morgan fingerprint density at radius 3 is 2.40 bits per heavy atom.